The Balaban J connectivity index is 1.65. The number of rotatable bonds is 9. The van der Waals surface area contributed by atoms with Crippen molar-refractivity contribution >= 4 is 33.3 Å². The van der Waals surface area contributed by atoms with E-state index in [1.165, 1.54) is 16.0 Å². The van der Waals surface area contributed by atoms with Crippen LogP contribution in [0.2, 0.25) is 0 Å². The fourth-order valence-corrected chi connectivity index (χ4v) is 4.19. The van der Waals surface area contributed by atoms with Crippen molar-refractivity contribution in [2.75, 3.05) is 18.4 Å². The molecule has 3 rings (SSSR count). The molecule has 0 saturated carbocycles. The highest BCUT2D eigenvalue weighted by atomic mass is 32.1. The van der Waals surface area contributed by atoms with Gasteiger partial charge in [-0.15, -0.1) is 11.3 Å². The molecule has 6 heteroatoms. The predicted octanol–water partition coefficient (Wildman–Crippen LogP) is 5.02. The van der Waals surface area contributed by atoms with Crippen LogP contribution in [0.5, 0.6) is 0 Å². The molecule has 5 nitrogen and oxygen atoms in total. The minimum Gasteiger partial charge on any atom is -0.369 e. The van der Waals surface area contributed by atoms with Gasteiger partial charge >= 0.3 is 0 Å². The quantitative estimate of drug-likeness (QED) is 0.498. The molecule has 0 aliphatic carbocycles. The molecule has 0 fully saturated rings. The van der Waals surface area contributed by atoms with E-state index >= 15 is 0 Å². The average molecular weight is 397 g/mol. The monoisotopic (exact) mass is 396 g/mol. The fraction of sp³-hybridized carbons (Fsp3) is 0.409. The summed E-state index contributed by atoms with van der Waals surface area (Å²) in [5, 5.41) is 7.47. The van der Waals surface area contributed by atoms with Gasteiger partial charge in [-0.2, -0.15) is 0 Å². The highest BCUT2D eigenvalue weighted by Crippen LogP contribution is 2.40. The van der Waals surface area contributed by atoms with E-state index < -0.39 is 0 Å². The number of hydrogen-bond donors (Lipinski definition) is 2. The number of anilines is 1. The fourth-order valence-electron chi connectivity index (χ4n) is 3.18. The van der Waals surface area contributed by atoms with Gasteiger partial charge in [0, 0.05) is 30.0 Å². The third-order valence-electron chi connectivity index (χ3n) is 4.64. The van der Waals surface area contributed by atoms with Gasteiger partial charge in [-0.25, -0.2) is 9.97 Å². The number of amides is 1. The second-order valence-corrected chi connectivity index (χ2v) is 8.57. The smallest absolute Gasteiger partial charge is 0.220 e. The normalized spacial score (nSPS) is 11.1. The van der Waals surface area contributed by atoms with Crippen molar-refractivity contribution in [2.45, 2.75) is 40.0 Å². The van der Waals surface area contributed by atoms with Crippen LogP contribution in [-0.4, -0.2) is 29.0 Å². The highest BCUT2D eigenvalue weighted by molar-refractivity contribution is 7.19. The lowest BCUT2D eigenvalue weighted by atomic mass is 10.0. The Hall–Kier alpha value is -2.47. The number of fused-ring (bicyclic) bond motifs is 1. The molecule has 28 heavy (non-hydrogen) atoms. The SMILES string of the molecule is Cc1sc2ncnc(NCCCC(=O)NCCC(C)C)c2c1-c1ccccc1. The second-order valence-electron chi connectivity index (χ2n) is 7.36. The Labute approximate surface area is 170 Å². The summed E-state index contributed by atoms with van der Waals surface area (Å²) >= 11 is 1.69. The molecule has 1 aromatic carbocycles. The number of hydrogen-bond acceptors (Lipinski definition) is 5. The van der Waals surface area contributed by atoms with Gasteiger partial charge in [-0.1, -0.05) is 44.2 Å². The zero-order valence-corrected chi connectivity index (χ0v) is 17.6. The first-order chi connectivity index (χ1) is 13.6. The van der Waals surface area contributed by atoms with Crippen LogP contribution < -0.4 is 10.6 Å². The van der Waals surface area contributed by atoms with E-state index in [1.807, 2.05) is 18.2 Å². The molecule has 0 spiro atoms. The van der Waals surface area contributed by atoms with Gasteiger partial charge in [-0.05, 0) is 31.2 Å². The zero-order chi connectivity index (χ0) is 19.9. The van der Waals surface area contributed by atoms with E-state index in [0.717, 1.165) is 35.4 Å². The van der Waals surface area contributed by atoms with Gasteiger partial charge in [0.25, 0.3) is 0 Å². The molecule has 0 saturated heterocycles. The van der Waals surface area contributed by atoms with Crippen LogP contribution >= 0.6 is 11.3 Å². The number of nitrogens with zero attached hydrogens (tertiary/aromatic N) is 2. The van der Waals surface area contributed by atoms with Crippen LogP contribution in [0, 0.1) is 12.8 Å². The van der Waals surface area contributed by atoms with E-state index in [-0.39, 0.29) is 5.91 Å². The van der Waals surface area contributed by atoms with Crippen LogP contribution in [0.3, 0.4) is 0 Å². The number of carbonyl (C=O) groups excluding carboxylic acids is 1. The summed E-state index contributed by atoms with van der Waals surface area (Å²) in [5.41, 5.74) is 2.36. The van der Waals surface area contributed by atoms with Crippen molar-refractivity contribution in [3.05, 3.63) is 41.5 Å². The maximum Gasteiger partial charge on any atom is 0.220 e. The topological polar surface area (TPSA) is 66.9 Å². The molecule has 0 unspecified atom stereocenters. The van der Waals surface area contributed by atoms with Crippen LogP contribution in [0.1, 0.15) is 38.0 Å². The van der Waals surface area contributed by atoms with Crippen molar-refractivity contribution in [1.29, 1.82) is 0 Å². The van der Waals surface area contributed by atoms with Gasteiger partial charge in [0.1, 0.15) is 17.0 Å². The van der Waals surface area contributed by atoms with Crippen molar-refractivity contribution in [3.63, 3.8) is 0 Å². The number of aromatic nitrogens is 2. The first kappa shape index (κ1) is 20.3. The predicted molar refractivity (Wildman–Crippen MR) is 118 cm³/mol. The summed E-state index contributed by atoms with van der Waals surface area (Å²) in [5.74, 6) is 1.56. The molecule has 0 radical (unpaired) electrons. The second kappa shape index (κ2) is 9.64. The number of carbonyl (C=O) groups is 1. The van der Waals surface area contributed by atoms with Crippen LogP contribution in [0.25, 0.3) is 21.3 Å². The number of aryl methyl sites for hydroxylation is 1. The molecule has 1 amide bonds. The molecule has 148 valence electrons. The zero-order valence-electron chi connectivity index (χ0n) is 16.8. The Kier molecular flexibility index (Phi) is 6.98. The summed E-state index contributed by atoms with van der Waals surface area (Å²) in [6, 6.07) is 10.4. The number of thiophene rings is 1. The van der Waals surface area contributed by atoms with E-state index in [0.29, 0.717) is 18.9 Å². The summed E-state index contributed by atoms with van der Waals surface area (Å²) in [6.07, 6.45) is 3.91. The van der Waals surface area contributed by atoms with Gasteiger partial charge in [-0.3, -0.25) is 4.79 Å². The van der Waals surface area contributed by atoms with Crippen LogP contribution in [-0.2, 0) is 4.79 Å². The lowest BCUT2D eigenvalue weighted by molar-refractivity contribution is -0.121. The van der Waals surface area contributed by atoms with E-state index in [2.05, 4.69) is 53.5 Å². The molecular formula is C22H28N4OS. The van der Waals surface area contributed by atoms with E-state index in [9.17, 15) is 4.79 Å². The first-order valence-corrected chi connectivity index (χ1v) is 10.7. The maximum atomic E-state index is 11.9. The lowest BCUT2D eigenvalue weighted by Gasteiger charge is -2.10. The van der Waals surface area contributed by atoms with E-state index in [4.69, 9.17) is 0 Å². The molecule has 0 aliphatic rings. The van der Waals surface area contributed by atoms with E-state index in [1.54, 1.807) is 17.7 Å². The van der Waals surface area contributed by atoms with Crippen molar-refractivity contribution in [2.24, 2.45) is 5.92 Å². The minimum atomic E-state index is 0.117. The first-order valence-electron chi connectivity index (χ1n) is 9.86. The molecule has 0 bridgehead atoms. The molecule has 2 aromatic heterocycles. The summed E-state index contributed by atoms with van der Waals surface area (Å²) in [7, 11) is 0. The Morgan fingerprint density at radius 2 is 1.93 bits per heavy atom. The summed E-state index contributed by atoms with van der Waals surface area (Å²) in [4.78, 5) is 23.1. The van der Waals surface area contributed by atoms with Gasteiger partial charge in [0.05, 0.1) is 5.39 Å². The molecule has 2 heterocycles. The number of benzene rings is 1. The van der Waals surface area contributed by atoms with Crippen molar-refractivity contribution < 1.29 is 4.79 Å². The average Bonchev–Trinajstić information content (AvgIpc) is 3.02. The number of nitrogens with one attached hydrogen (secondary N) is 2. The third-order valence-corrected chi connectivity index (χ3v) is 5.66. The Morgan fingerprint density at radius 1 is 1.14 bits per heavy atom. The summed E-state index contributed by atoms with van der Waals surface area (Å²) < 4.78 is 0. The largest absolute Gasteiger partial charge is 0.369 e. The summed E-state index contributed by atoms with van der Waals surface area (Å²) in [6.45, 7) is 7.90. The lowest BCUT2D eigenvalue weighted by Crippen LogP contribution is -2.25. The van der Waals surface area contributed by atoms with Crippen molar-refractivity contribution in [1.82, 2.24) is 15.3 Å². The van der Waals surface area contributed by atoms with Gasteiger partial charge in [0.15, 0.2) is 0 Å². The van der Waals surface area contributed by atoms with Crippen LogP contribution in [0.4, 0.5) is 5.82 Å². The molecule has 0 aliphatic heterocycles. The maximum absolute atomic E-state index is 11.9. The molecule has 3 aromatic rings. The Bertz CT molecular complexity index is 921. The minimum absolute atomic E-state index is 0.117. The molecular weight excluding hydrogens is 368 g/mol. The van der Waals surface area contributed by atoms with Gasteiger partial charge < -0.3 is 10.6 Å². The highest BCUT2D eigenvalue weighted by Gasteiger charge is 2.16. The van der Waals surface area contributed by atoms with Crippen molar-refractivity contribution in [3.8, 4) is 11.1 Å². The third kappa shape index (κ3) is 5.07. The van der Waals surface area contributed by atoms with Gasteiger partial charge in [0.2, 0.25) is 5.91 Å². The molecule has 2 N–H and O–H groups in total. The Morgan fingerprint density at radius 3 is 2.68 bits per heavy atom. The van der Waals surface area contributed by atoms with Crippen LogP contribution in [0.15, 0.2) is 36.7 Å². The molecule has 0 atom stereocenters. The standard InChI is InChI=1S/C22H28N4OS/c1-15(2)11-13-23-18(27)10-7-12-24-21-20-19(17-8-5-4-6-9-17)16(3)28-22(20)26-14-25-21/h4-6,8-9,14-15H,7,10-13H2,1-3H3,(H,23,27)(H,24,25,26).